The van der Waals surface area contributed by atoms with Crippen LogP contribution in [0, 0.1) is 0 Å². The summed E-state index contributed by atoms with van der Waals surface area (Å²) >= 11 is 0. The average Bonchev–Trinajstić information content (AvgIpc) is 3.06. The number of hydrogen-bond donors (Lipinski definition) is 2. The molecule has 2 amide bonds. The summed E-state index contributed by atoms with van der Waals surface area (Å²) < 4.78 is 16.3. The van der Waals surface area contributed by atoms with E-state index in [9.17, 15) is 9.59 Å². The first-order chi connectivity index (χ1) is 24.5. The number of amides is 2. The van der Waals surface area contributed by atoms with E-state index in [1.807, 2.05) is 126 Å². The van der Waals surface area contributed by atoms with Crippen LogP contribution in [0.2, 0.25) is 20.2 Å². The summed E-state index contributed by atoms with van der Waals surface area (Å²) in [7, 11) is -4.43. The summed E-state index contributed by atoms with van der Waals surface area (Å²) in [6.45, 7) is 27.2. The fraction of sp³-hybridized carbons (Fsp3) is 0.435. The molecule has 7 heteroatoms. The topological polar surface area (TPSA) is 58.2 Å². The highest BCUT2D eigenvalue weighted by molar-refractivity contribution is 6.90. The first-order valence-corrected chi connectivity index (χ1v) is 22.6. The Morgan fingerprint density at radius 3 is 1.17 bits per heavy atom. The Balaban J connectivity index is 0.000000286. The Morgan fingerprint density at radius 2 is 0.849 bits per heavy atom. The monoisotopic (exact) mass is 752 g/mol. The molecule has 4 nitrogen and oxygen atoms in total. The first kappa shape index (κ1) is 43.6. The van der Waals surface area contributed by atoms with Crippen molar-refractivity contribution in [3.05, 3.63) is 131 Å². The predicted octanol–water partition coefficient (Wildman–Crippen LogP) is 9.85. The second-order valence-corrected chi connectivity index (χ2v) is 28.5. The van der Waals surface area contributed by atoms with Crippen molar-refractivity contribution in [3.63, 3.8) is 0 Å². The third-order valence-electron chi connectivity index (χ3n) is 9.86. The van der Waals surface area contributed by atoms with Gasteiger partial charge in [0.2, 0.25) is 11.8 Å². The molecule has 0 aliphatic heterocycles. The van der Waals surface area contributed by atoms with Crippen molar-refractivity contribution in [1.29, 1.82) is 0 Å². The second kappa shape index (κ2) is 18.0. The zero-order valence-corrected chi connectivity index (χ0v) is 36.6. The lowest BCUT2D eigenvalue weighted by molar-refractivity contribution is -0.121. The highest BCUT2D eigenvalue weighted by Crippen LogP contribution is 2.51. The minimum Gasteiger partial charge on any atom is -0.352 e. The molecule has 0 heterocycles. The van der Waals surface area contributed by atoms with Crippen LogP contribution < -0.4 is 21.0 Å². The van der Waals surface area contributed by atoms with Crippen molar-refractivity contribution in [3.8, 4) is 0 Å². The number of carbonyl (C=O) groups excluding carboxylic acids is 2. The first-order valence-electron chi connectivity index (χ1n) is 19.0. The Hall–Kier alpha value is -3.82. The van der Waals surface area contributed by atoms with E-state index in [1.54, 1.807) is 0 Å². The summed E-state index contributed by atoms with van der Waals surface area (Å²) in [4.78, 5) is 24.4. The van der Waals surface area contributed by atoms with Crippen LogP contribution in [-0.4, -0.2) is 29.0 Å². The van der Waals surface area contributed by atoms with Gasteiger partial charge in [-0.15, -0.1) is 0 Å². The van der Waals surface area contributed by atoms with Crippen molar-refractivity contribution in [2.24, 2.45) is 0 Å². The van der Waals surface area contributed by atoms with Gasteiger partial charge in [0, 0.05) is 13.1 Å². The number of rotatable bonds is 10. The highest BCUT2D eigenvalue weighted by Gasteiger charge is 2.56. The second-order valence-electron chi connectivity index (χ2n) is 18.6. The van der Waals surface area contributed by atoms with Gasteiger partial charge in [-0.1, -0.05) is 197 Å². The van der Waals surface area contributed by atoms with Crippen LogP contribution >= 0.6 is 0 Å². The smallest absolute Gasteiger partial charge is 0.288 e. The zero-order chi connectivity index (χ0) is 39.7. The molecule has 53 heavy (non-hydrogen) atoms. The third kappa shape index (κ3) is 12.6. The van der Waals surface area contributed by atoms with Crippen LogP contribution in [0.5, 0.6) is 0 Å². The summed E-state index contributed by atoms with van der Waals surface area (Å²) in [5.41, 5.74) is 4.18. The van der Waals surface area contributed by atoms with Gasteiger partial charge < -0.3 is 14.7 Å². The predicted molar refractivity (Wildman–Crippen MR) is 229 cm³/mol. The molecule has 2 N–H and O–H groups in total. The molecule has 286 valence electrons. The molecule has 0 radical (unpaired) electrons. The molecule has 0 aromatic heterocycles. The Labute approximate surface area is 323 Å². The maximum atomic E-state index is 16.3. The molecular formula is C46H65FN2O2Si2. The number of halogens is 1. The van der Waals surface area contributed by atoms with E-state index >= 15 is 4.11 Å². The van der Waals surface area contributed by atoms with Crippen molar-refractivity contribution in [2.75, 3.05) is 0 Å². The Bertz CT molecular complexity index is 1700. The largest absolute Gasteiger partial charge is 0.352 e. The van der Waals surface area contributed by atoms with Crippen molar-refractivity contribution in [1.82, 2.24) is 10.6 Å². The zero-order valence-electron chi connectivity index (χ0n) is 34.5. The van der Waals surface area contributed by atoms with Crippen molar-refractivity contribution >= 4 is 39.4 Å². The molecule has 4 aromatic carbocycles. The maximum Gasteiger partial charge on any atom is 0.288 e. The molecule has 0 bridgehead atoms. The van der Waals surface area contributed by atoms with Gasteiger partial charge in [0.25, 0.3) is 8.41 Å². The molecular weight excluding hydrogens is 688 g/mol. The molecule has 0 saturated carbocycles. The van der Waals surface area contributed by atoms with Gasteiger partial charge in [-0.05, 0) is 47.6 Å². The van der Waals surface area contributed by atoms with Crippen molar-refractivity contribution < 1.29 is 13.7 Å². The van der Waals surface area contributed by atoms with Gasteiger partial charge in [0.05, 0.1) is 21.6 Å². The van der Waals surface area contributed by atoms with Crippen LogP contribution in [0.15, 0.2) is 109 Å². The van der Waals surface area contributed by atoms with Crippen LogP contribution in [0.25, 0.3) is 0 Å². The van der Waals surface area contributed by atoms with E-state index < -0.39 is 27.3 Å². The van der Waals surface area contributed by atoms with Gasteiger partial charge in [-0.3, -0.25) is 9.59 Å². The summed E-state index contributed by atoms with van der Waals surface area (Å²) in [6, 6.07) is 36.2. The number of benzene rings is 4. The van der Waals surface area contributed by atoms with E-state index in [1.165, 1.54) is 5.19 Å². The minimum absolute atomic E-state index is 0.0259. The van der Waals surface area contributed by atoms with Crippen LogP contribution in [0.3, 0.4) is 0 Å². The average molecular weight is 753 g/mol. The van der Waals surface area contributed by atoms with Crippen LogP contribution in [-0.2, 0) is 35.5 Å². The van der Waals surface area contributed by atoms with E-state index in [4.69, 9.17) is 0 Å². The number of hydrogen-bond acceptors (Lipinski definition) is 2. The quantitative estimate of drug-likeness (QED) is 0.125. The van der Waals surface area contributed by atoms with E-state index in [2.05, 4.69) is 76.4 Å². The molecule has 0 saturated heterocycles. The SMILES string of the molecule is CC(C)(C)[SiH](c1ccc(CC(=O)NCc2ccccc2)cc1)C(C)(C)C.CC(C)(C)[Si](F)(c1ccc(CC(=O)NCc2ccccc2)cc1)C(C)(C)C. The van der Waals surface area contributed by atoms with E-state index in [-0.39, 0.29) is 11.8 Å². The summed E-state index contributed by atoms with van der Waals surface area (Å²) in [5.74, 6) is 0.0454. The Kier molecular flexibility index (Phi) is 14.8. The van der Waals surface area contributed by atoms with Gasteiger partial charge in [-0.25, -0.2) is 0 Å². The van der Waals surface area contributed by atoms with Crippen LogP contribution in [0.1, 0.15) is 105 Å². The van der Waals surface area contributed by atoms with Gasteiger partial charge in [0.1, 0.15) is 0 Å². The summed E-state index contributed by atoms with van der Waals surface area (Å²) in [6.07, 6.45) is 0.739. The molecule has 4 aromatic rings. The Morgan fingerprint density at radius 1 is 0.509 bits per heavy atom. The lowest BCUT2D eigenvalue weighted by atomic mass is 10.1. The lowest BCUT2D eigenvalue weighted by Gasteiger charge is -2.44. The molecule has 0 aliphatic rings. The molecule has 0 fully saturated rings. The van der Waals surface area contributed by atoms with Crippen molar-refractivity contribution in [2.45, 2.75) is 129 Å². The normalized spacial score (nSPS) is 12.5. The molecule has 4 rings (SSSR count). The van der Waals surface area contributed by atoms with Gasteiger partial charge >= 0.3 is 0 Å². The minimum atomic E-state index is -3.25. The van der Waals surface area contributed by atoms with E-state index in [0.29, 0.717) is 36.0 Å². The lowest BCUT2D eigenvalue weighted by Crippen LogP contribution is -2.57. The number of nitrogens with one attached hydrogen (secondary N) is 2. The molecule has 0 aliphatic carbocycles. The molecule has 0 atom stereocenters. The highest BCUT2D eigenvalue weighted by atomic mass is 28.4. The fourth-order valence-electron chi connectivity index (χ4n) is 8.06. The van der Waals surface area contributed by atoms with E-state index in [0.717, 1.165) is 27.4 Å². The standard InChI is InChI=1S/C23H32FNOSi.C23H33NOSi/c1-22(2,3)27(24,23(4,5)6)20-14-12-18(13-15-20)16-21(26)25-17-19-10-8-7-9-11-19;1-22(2,3)26(23(4,5)6)20-14-12-18(13-15-20)16-21(25)24-17-19-10-8-7-9-11-19/h7-15H,16-17H2,1-6H3,(H,25,26);7-15,26H,16-17H2,1-6H3,(H,24,25). The molecule has 0 unspecified atom stereocenters. The molecule has 0 spiro atoms. The van der Waals surface area contributed by atoms with Gasteiger partial charge in [0.15, 0.2) is 0 Å². The fourth-order valence-corrected chi connectivity index (χ4v) is 17.8. The number of carbonyl (C=O) groups is 2. The van der Waals surface area contributed by atoms with Gasteiger partial charge in [-0.2, -0.15) is 0 Å². The summed E-state index contributed by atoms with van der Waals surface area (Å²) in [5, 5.41) is 8.07. The maximum absolute atomic E-state index is 16.3. The van der Waals surface area contributed by atoms with Crippen LogP contribution in [0.4, 0.5) is 4.11 Å². The third-order valence-corrected chi connectivity index (χ3v) is 19.6.